The molecule has 1 amide bonds. The number of aromatic nitrogens is 2. The van der Waals surface area contributed by atoms with Gasteiger partial charge in [-0.1, -0.05) is 46.3 Å². The molecule has 0 atom stereocenters. The molecule has 0 aliphatic rings. The van der Waals surface area contributed by atoms with Gasteiger partial charge in [0.05, 0.1) is 11.9 Å². The lowest BCUT2D eigenvalue weighted by molar-refractivity contribution is 0.139. The van der Waals surface area contributed by atoms with Crippen molar-refractivity contribution < 1.29 is 9.53 Å². The standard InChI is InChI=1S/C18H16BrN3O2/c19-16-6-8-17(9-7-16)22-12-15(11-21-22)10-20-18(23)24-13-14-4-2-1-3-5-14/h1-9,11-12H,10,13H2,(H,20,23). The summed E-state index contributed by atoms with van der Waals surface area (Å²) in [5.74, 6) is 0. The molecule has 1 N–H and O–H groups in total. The third kappa shape index (κ3) is 4.45. The summed E-state index contributed by atoms with van der Waals surface area (Å²) >= 11 is 3.40. The van der Waals surface area contributed by atoms with Crippen molar-refractivity contribution in [1.29, 1.82) is 0 Å². The first-order chi connectivity index (χ1) is 11.7. The van der Waals surface area contributed by atoms with Gasteiger partial charge in [-0.2, -0.15) is 5.10 Å². The Kier molecular flexibility index (Phi) is 5.28. The smallest absolute Gasteiger partial charge is 0.407 e. The summed E-state index contributed by atoms with van der Waals surface area (Å²) < 4.78 is 7.95. The molecular weight excluding hydrogens is 370 g/mol. The number of hydrogen-bond donors (Lipinski definition) is 1. The van der Waals surface area contributed by atoms with Crippen molar-refractivity contribution in [3.63, 3.8) is 0 Å². The number of nitrogens with zero attached hydrogens (tertiary/aromatic N) is 2. The molecule has 0 unspecified atom stereocenters. The van der Waals surface area contributed by atoms with E-state index >= 15 is 0 Å². The van der Waals surface area contributed by atoms with Crippen LogP contribution in [0, 0.1) is 0 Å². The van der Waals surface area contributed by atoms with Crippen LogP contribution in [0.1, 0.15) is 11.1 Å². The highest BCUT2D eigenvalue weighted by Gasteiger charge is 2.05. The van der Waals surface area contributed by atoms with Gasteiger partial charge in [0.2, 0.25) is 0 Å². The molecule has 5 nitrogen and oxygen atoms in total. The number of hydrogen-bond acceptors (Lipinski definition) is 3. The summed E-state index contributed by atoms with van der Waals surface area (Å²) in [4.78, 5) is 11.7. The van der Waals surface area contributed by atoms with E-state index in [-0.39, 0.29) is 6.61 Å². The number of amides is 1. The number of carbonyl (C=O) groups excluding carboxylic acids is 1. The minimum absolute atomic E-state index is 0.255. The fraction of sp³-hybridized carbons (Fsp3) is 0.111. The second-order valence-corrected chi connectivity index (χ2v) is 6.10. The van der Waals surface area contributed by atoms with Gasteiger partial charge in [-0.25, -0.2) is 9.48 Å². The lowest BCUT2D eigenvalue weighted by Gasteiger charge is -2.06. The van der Waals surface area contributed by atoms with E-state index in [2.05, 4.69) is 26.3 Å². The summed E-state index contributed by atoms with van der Waals surface area (Å²) in [5.41, 5.74) is 2.81. The highest BCUT2D eigenvalue weighted by Crippen LogP contribution is 2.14. The molecule has 6 heteroatoms. The fourth-order valence-electron chi connectivity index (χ4n) is 2.13. The normalized spacial score (nSPS) is 10.4. The molecule has 122 valence electrons. The van der Waals surface area contributed by atoms with Crippen molar-refractivity contribution >= 4 is 22.0 Å². The van der Waals surface area contributed by atoms with Crippen LogP contribution in [0.4, 0.5) is 4.79 Å². The lowest BCUT2D eigenvalue weighted by atomic mass is 10.2. The molecule has 24 heavy (non-hydrogen) atoms. The van der Waals surface area contributed by atoms with E-state index in [1.807, 2.05) is 60.8 Å². The van der Waals surface area contributed by atoms with Crippen molar-refractivity contribution in [2.24, 2.45) is 0 Å². The molecule has 0 saturated carbocycles. The van der Waals surface area contributed by atoms with Crippen molar-refractivity contribution in [3.8, 4) is 5.69 Å². The number of ether oxygens (including phenoxy) is 1. The summed E-state index contributed by atoms with van der Waals surface area (Å²) in [7, 11) is 0. The van der Waals surface area contributed by atoms with Crippen LogP contribution in [0.5, 0.6) is 0 Å². The molecule has 0 spiro atoms. The highest BCUT2D eigenvalue weighted by atomic mass is 79.9. The second kappa shape index (κ2) is 7.79. The maximum atomic E-state index is 11.7. The van der Waals surface area contributed by atoms with Crippen molar-refractivity contribution in [1.82, 2.24) is 15.1 Å². The minimum atomic E-state index is -0.449. The van der Waals surface area contributed by atoms with Crippen LogP contribution >= 0.6 is 15.9 Å². The zero-order valence-corrected chi connectivity index (χ0v) is 14.4. The summed E-state index contributed by atoms with van der Waals surface area (Å²) in [6.07, 6.45) is 3.15. The first-order valence-corrected chi connectivity index (χ1v) is 8.24. The molecular formula is C18H16BrN3O2. The van der Waals surface area contributed by atoms with Gasteiger partial charge in [-0.3, -0.25) is 0 Å². The Morgan fingerprint density at radius 3 is 2.58 bits per heavy atom. The largest absolute Gasteiger partial charge is 0.445 e. The van der Waals surface area contributed by atoms with Gasteiger partial charge in [0.25, 0.3) is 0 Å². The summed E-state index contributed by atoms with van der Waals surface area (Å²) in [6, 6.07) is 17.4. The average molecular weight is 386 g/mol. The Morgan fingerprint density at radius 1 is 1.08 bits per heavy atom. The van der Waals surface area contributed by atoms with Gasteiger partial charge >= 0.3 is 6.09 Å². The molecule has 3 aromatic rings. The Balaban J connectivity index is 1.50. The fourth-order valence-corrected chi connectivity index (χ4v) is 2.40. The van der Waals surface area contributed by atoms with E-state index in [1.165, 1.54) is 0 Å². The number of carbonyl (C=O) groups is 1. The molecule has 1 heterocycles. The second-order valence-electron chi connectivity index (χ2n) is 5.18. The Bertz CT molecular complexity index is 801. The summed E-state index contributed by atoms with van der Waals surface area (Å²) in [6.45, 7) is 0.620. The van der Waals surface area contributed by atoms with Gasteiger partial charge in [-0.15, -0.1) is 0 Å². The number of benzene rings is 2. The first-order valence-electron chi connectivity index (χ1n) is 7.45. The topological polar surface area (TPSA) is 56.2 Å². The van der Waals surface area contributed by atoms with E-state index in [1.54, 1.807) is 10.9 Å². The number of nitrogens with one attached hydrogen (secondary N) is 1. The number of alkyl carbamates (subject to hydrolysis) is 1. The van der Waals surface area contributed by atoms with Crippen LogP contribution in [-0.2, 0) is 17.9 Å². The maximum Gasteiger partial charge on any atom is 0.407 e. The van der Waals surface area contributed by atoms with Crippen molar-refractivity contribution in [3.05, 3.63) is 82.6 Å². The van der Waals surface area contributed by atoms with Gasteiger partial charge in [0.1, 0.15) is 6.61 Å². The number of rotatable bonds is 5. The highest BCUT2D eigenvalue weighted by molar-refractivity contribution is 9.10. The van der Waals surface area contributed by atoms with Gasteiger partial charge in [0, 0.05) is 22.8 Å². The van der Waals surface area contributed by atoms with Crippen LogP contribution in [0.2, 0.25) is 0 Å². The zero-order chi connectivity index (χ0) is 16.8. The molecule has 2 aromatic carbocycles. The van der Waals surface area contributed by atoms with Crippen LogP contribution in [-0.4, -0.2) is 15.9 Å². The molecule has 1 aromatic heterocycles. The van der Waals surface area contributed by atoms with Gasteiger partial charge < -0.3 is 10.1 Å². The number of halogens is 1. The van der Waals surface area contributed by atoms with E-state index in [9.17, 15) is 4.79 Å². The molecule has 0 aliphatic carbocycles. The molecule has 0 radical (unpaired) electrons. The predicted octanol–water partition coefficient (Wildman–Crippen LogP) is 4.06. The molecule has 0 fully saturated rings. The lowest BCUT2D eigenvalue weighted by Crippen LogP contribution is -2.23. The van der Waals surface area contributed by atoms with Crippen LogP contribution in [0.15, 0.2) is 71.5 Å². The van der Waals surface area contributed by atoms with Gasteiger partial charge in [-0.05, 0) is 29.8 Å². The van der Waals surface area contributed by atoms with E-state index in [0.717, 1.165) is 21.3 Å². The van der Waals surface area contributed by atoms with Crippen molar-refractivity contribution in [2.45, 2.75) is 13.2 Å². The van der Waals surface area contributed by atoms with E-state index in [4.69, 9.17) is 4.74 Å². The third-order valence-corrected chi connectivity index (χ3v) is 3.91. The molecule has 0 saturated heterocycles. The third-order valence-electron chi connectivity index (χ3n) is 3.38. The zero-order valence-electron chi connectivity index (χ0n) is 12.9. The average Bonchev–Trinajstić information content (AvgIpc) is 3.09. The Labute approximate surface area is 148 Å². The summed E-state index contributed by atoms with van der Waals surface area (Å²) in [5, 5.41) is 7.02. The SMILES string of the molecule is O=C(NCc1cnn(-c2ccc(Br)cc2)c1)OCc1ccccc1. The predicted molar refractivity (Wildman–Crippen MR) is 94.7 cm³/mol. The monoisotopic (exact) mass is 385 g/mol. The molecule has 0 aliphatic heterocycles. The van der Waals surface area contributed by atoms with Crippen molar-refractivity contribution in [2.75, 3.05) is 0 Å². The minimum Gasteiger partial charge on any atom is -0.445 e. The van der Waals surface area contributed by atoms with E-state index < -0.39 is 6.09 Å². The van der Waals surface area contributed by atoms with Crippen LogP contribution in [0.3, 0.4) is 0 Å². The maximum absolute atomic E-state index is 11.7. The Hall–Kier alpha value is -2.60. The van der Waals surface area contributed by atoms with Gasteiger partial charge in [0.15, 0.2) is 0 Å². The quantitative estimate of drug-likeness (QED) is 0.720. The van der Waals surface area contributed by atoms with Crippen LogP contribution < -0.4 is 5.32 Å². The first kappa shape index (κ1) is 16.3. The molecule has 3 rings (SSSR count). The Morgan fingerprint density at radius 2 is 1.83 bits per heavy atom. The van der Waals surface area contributed by atoms with Crippen LogP contribution in [0.25, 0.3) is 5.69 Å². The van der Waals surface area contributed by atoms with E-state index in [0.29, 0.717) is 6.54 Å². The molecule has 0 bridgehead atoms.